The summed E-state index contributed by atoms with van der Waals surface area (Å²) in [6, 6.07) is 6.25. The lowest BCUT2D eigenvalue weighted by Crippen LogP contribution is -2.51. The lowest BCUT2D eigenvalue weighted by molar-refractivity contribution is -0.00878. The first kappa shape index (κ1) is 27.8. The Kier molecular flexibility index (Phi) is 12.7. The standard InChI is InChI=1S/C24H39FN4O5/c1-26-16-21(10-6-13-32-2)28-23(30)29-12-5-8-19(17-29)22(18-7-4-9-20(25)15-18)34-14-11-27-24(31)33-3/h4,7,9,15,19,21-22,26H,5-6,8,10-14,16-17H2,1-3H3,(H,27,31)(H,28,30)/t19-,21+,22+/m1/s1. The number of benzene rings is 1. The van der Waals surface area contributed by atoms with E-state index in [0.29, 0.717) is 26.2 Å². The van der Waals surface area contributed by atoms with Crippen molar-refractivity contribution in [3.8, 4) is 0 Å². The van der Waals surface area contributed by atoms with Crippen molar-refractivity contribution in [2.75, 3.05) is 60.7 Å². The third-order valence-electron chi connectivity index (χ3n) is 5.88. The maximum absolute atomic E-state index is 14.0. The van der Waals surface area contributed by atoms with Crippen molar-refractivity contribution in [2.45, 2.75) is 37.8 Å². The van der Waals surface area contributed by atoms with Crippen LogP contribution < -0.4 is 16.0 Å². The topological polar surface area (TPSA) is 101 Å². The van der Waals surface area contributed by atoms with E-state index < -0.39 is 12.2 Å². The number of carbonyl (C=O) groups is 2. The van der Waals surface area contributed by atoms with E-state index in [1.54, 1.807) is 13.2 Å². The van der Waals surface area contributed by atoms with Crippen molar-refractivity contribution in [1.29, 1.82) is 0 Å². The largest absolute Gasteiger partial charge is 0.453 e. The summed E-state index contributed by atoms with van der Waals surface area (Å²) in [5.74, 6) is -0.342. The molecule has 1 saturated heterocycles. The van der Waals surface area contributed by atoms with Crippen LogP contribution in [0.1, 0.15) is 37.4 Å². The van der Waals surface area contributed by atoms with Gasteiger partial charge in [-0.25, -0.2) is 14.0 Å². The van der Waals surface area contributed by atoms with Crippen LogP contribution in [0.2, 0.25) is 0 Å². The highest BCUT2D eigenvalue weighted by molar-refractivity contribution is 5.74. The number of piperidine rings is 1. The fourth-order valence-electron chi connectivity index (χ4n) is 4.25. The number of methoxy groups -OCH3 is 2. The summed E-state index contributed by atoms with van der Waals surface area (Å²) in [4.78, 5) is 26.2. The van der Waals surface area contributed by atoms with Crippen molar-refractivity contribution in [1.82, 2.24) is 20.9 Å². The highest BCUT2D eigenvalue weighted by atomic mass is 19.1. The fraction of sp³-hybridized carbons (Fsp3) is 0.667. The molecule has 1 aliphatic rings. The Bertz CT molecular complexity index is 754. The van der Waals surface area contributed by atoms with Gasteiger partial charge in [0.15, 0.2) is 0 Å². The van der Waals surface area contributed by atoms with Crippen molar-refractivity contribution in [3.63, 3.8) is 0 Å². The Morgan fingerprint density at radius 1 is 1.26 bits per heavy atom. The molecule has 1 aromatic rings. The first-order chi connectivity index (χ1) is 16.5. The maximum atomic E-state index is 14.0. The minimum absolute atomic E-state index is 0.00401. The van der Waals surface area contributed by atoms with E-state index in [4.69, 9.17) is 9.47 Å². The predicted molar refractivity (Wildman–Crippen MR) is 127 cm³/mol. The van der Waals surface area contributed by atoms with E-state index in [2.05, 4.69) is 20.7 Å². The normalized spacial score (nSPS) is 17.6. The van der Waals surface area contributed by atoms with Crippen LogP contribution in [0.15, 0.2) is 24.3 Å². The molecule has 0 aliphatic carbocycles. The molecular weight excluding hydrogens is 443 g/mol. The van der Waals surface area contributed by atoms with Gasteiger partial charge in [-0.1, -0.05) is 12.1 Å². The molecule has 34 heavy (non-hydrogen) atoms. The van der Waals surface area contributed by atoms with Gasteiger partial charge in [0.2, 0.25) is 0 Å². The molecule has 3 N–H and O–H groups in total. The molecule has 1 aromatic carbocycles. The second kappa shape index (κ2) is 15.5. The number of hydrogen-bond donors (Lipinski definition) is 3. The van der Waals surface area contributed by atoms with Gasteiger partial charge in [-0.2, -0.15) is 0 Å². The van der Waals surface area contributed by atoms with Gasteiger partial charge in [0.05, 0.1) is 19.8 Å². The SMILES string of the molecule is CNC[C@H](CCCOC)NC(=O)N1CCC[C@@H]([C@@H](OCCNC(=O)OC)c2cccc(F)c2)C1. The van der Waals surface area contributed by atoms with Gasteiger partial charge in [0.25, 0.3) is 0 Å². The second-order valence-electron chi connectivity index (χ2n) is 8.45. The Morgan fingerprint density at radius 3 is 2.79 bits per heavy atom. The van der Waals surface area contributed by atoms with Gasteiger partial charge >= 0.3 is 12.1 Å². The van der Waals surface area contributed by atoms with Gasteiger partial charge in [-0.15, -0.1) is 0 Å². The maximum Gasteiger partial charge on any atom is 0.406 e. The lowest BCUT2D eigenvalue weighted by Gasteiger charge is -2.37. The molecule has 0 radical (unpaired) electrons. The number of hydrogen-bond acceptors (Lipinski definition) is 6. The van der Waals surface area contributed by atoms with E-state index in [1.165, 1.54) is 19.2 Å². The van der Waals surface area contributed by atoms with Crippen LogP contribution in [0.25, 0.3) is 0 Å². The molecular formula is C24H39FN4O5. The Balaban J connectivity index is 2.03. The average molecular weight is 483 g/mol. The number of likely N-dealkylation sites (N-methyl/N-ethyl adjacent to an activating group) is 1. The third kappa shape index (κ3) is 9.44. The predicted octanol–water partition coefficient (Wildman–Crippen LogP) is 2.68. The summed E-state index contributed by atoms with van der Waals surface area (Å²) in [6.07, 6.45) is 2.42. The lowest BCUT2D eigenvalue weighted by atomic mass is 9.88. The van der Waals surface area contributed by atoms with Gasteiger partial charge in [0, 0.05) is 51.9 Å². The van der Waals surface area contributed by atoms with Crippen LogP contribution in [0.4, 0.5) is 14.0 Å². The van der Waals surface area contributed by atoms with Gasteiger partial charge < -0.3 is 35.1 Å². The van der Waals surface area contributed by atoms with Crippen molar-refractivity contribution >= 4 is 12.1 Å². The summed E-state index contributed by atoms with van der Waals surface area (Å²) in [6.45, 7) is 2.99. The molecule has 2 rings (SSSR count). The number of nitrogens with zero attached hydrogens (tertiary/aromatic N) is 1. The summed E-state index contributed by atoms with van der Waals surface area (Å²) in [5.41, 5.74) is 0.720. The van der Waals surface area contributed by atoms with Gasteiger partial charge in [-0.05, 0) is 50.4 Å². The van der Waals surface area contributed by atoms with Gasteiger partial charge in [0.1, 0.15) is 5.82 Å². The van der Waals surface area contributed by atoms with E-state index in [-0.39, 0.29) is 37.0 Å². The molecule has 0 aromatic heterocycles. The van der Waals surface area contributed by atoms with E-state index >= 15 is 0 Å². The number of likely N-dealkylation sites (tertiary alicyclic amines) is 1. The number of urea groups is 1. The number of rotatable bonds is 13. The number of alkyl carbamates (subject to hydrolysis) is 1. The number of nitrogens with one attached hydrogen (secondary N) is 3. The molecule has 0 bridgehead atoms. The average Bonchev–Trinajstić information content (AvgIpc) is 2.84. The van der Waals surface area contributed by atoms with Crippen LogP contribution >= 0.6 is 0 Å². The molecule has 3 atom stereocenters. The van der Waals surface area contributed by atoms with Crippen molar-refractivity contribution in [3.05, 3.63) is 35.6 Å². The molecule has 0 unspecified atom stereocenters. The van der Waals surface area contributed by atoms with E-state index in [0.717, 1.165) is 31.2 Å². The van der Waals surface area contributed by atoms with Crippen molar-refractivity contribution in [2.24, 2.45) is 5.92 Å². The van der Waals surface area contributed by atoms with Crippen molar-refractivity contribution < 1.29 is 28.2 Å². The minimum atomic E-state index is -0.534. The summed E-state index contributed by atoms with van der Waals surface area (Å²) >= 11 is 0. The molecule has 0 saturated carbocycles. The number of carbonyl (C=O) groups excluding carboxylic acids is 2. The summed E-state index contributed by atoms with van der Waals surface area (Å²) in [7, 11) is 4.83. The fourth-order valence-corrected chi connectivity index (χ4v) is 4.25. The quantitative estimate of drug-likeness (QED) is 0.374. The number of amides is 3. The van der Waals surface area contributed by atoms with E-state index in [9.17, 15) is 14.0 Å². The zero-order chi connectivity index (χ0) is 24.8. The van der Waals surface area contributed by atoms with Crippen LogP contribution in [0.5, 0.6) is 0 Å². The van der Waals surface area contributed by atoms with E-state index in [1.807, 2.05) is 18.0 Å². The van der Waals surface area contributed by atoms with Crippen LogP contribution in [0.3, 0.4) is 0 Å². The summed E-state index contributed by atoms with van der Waals surface area (Å²) < 4.78 is 29.8. The first-order valence-corrected chi connectivity index (χ1v) is 11.9. The first-order valence-electron chi connectivity index (χ1n) is 11.9. The highest BCUT2D eigenvalue weighted by Crippen LogP contribution is 2.33. The minimum Gasteiger partial charge on any atom is -0.453 e. The molecule has 3 amide bonds. The smallest absolute Gasteiger partial charge is 0.406 e. The van der Waals surface area contributed by atoms with Crippen LogP contribution in [0, 0.1) is 11.7 Å². The number of halogens is 1. The molecule has 0 spiro atoms. The molecule has 1 aliphatic heterocycles. The Hall–Kier alpha value is -2.43. The number of ether oxygens (including phenoxy) is 3. The van der Waals surface area contributed by atoms with Crippen LogP contribution in [-0.4, -0.2) is 83.7 Å². The second-order valence-corrected chi connectivity index (χ2v) is 8.45. The highest BCUT2D eigenvalue weighted by Gasteiger charge is 2.32. The molecule has 9 nitrogen and oxygen atoms in total. The summed E-state index contributed by atoms with van der Waals surface area (Å²) in [5, 5.41) is 8.85. The third-order valence-corrected chi connectivity index (χ3v) is 5.88. The molecule has 10 heteroatoms. The molecule has 1 fully saturated rings. The Labute approximate surface area is 201 Å². The molecule has 1 heterocycles. The zero-order valence-corrected chi connectivity index (χ0v) is 20.5. The van der Waals surface area contributed by atoms with Crippen LogP contribution in [-0.2, 0) is 14.2 Å². The molecule has 192 valence electrons. The Morgan fingerprint density at radius 2 is 2.09 bits per heavy atom. The zero-order valence-electron chi connectivity index (χ0n) is 20.5. The monoisotopic (exact) mass is 482 g/mol. The van der Waals surface area contributed by atoms with Gasteiger partial charge in [-0.3, -0.25) is 0 Å².